The minimum Gasteiger partial charge on any atom is -0.391 e. The monoisotopic (exact) mass is 301 g/mol. The maximum Gasteiger partial charge on any atom is 0.263 e. The van der Waals surface area contributed by atoms with Gasteiger partial charge in [0.1, 0.15) is 4.90 Å². The molecule has 0 aliphatic heterocycles. The minimum absolute atomic E-state index is 0.117. The van der Waals surface area contributed by atoms with Crippen LogP contribution < -0.4 is 4.72 Å². The molecule has 19 heavy (non-hydrogen) atoms. The molecule has 0 radical (unpaired) electrons. The molecule has 0 aliphatic carbocycles. The van der Waals surface area contributed by atoms with E-state index in [-0.39, 0.29) is 11.5 Å². The van der Waals surface area contributed by atoms with Crippen LogP contribution in [-0.4, -0.2) is 23.3 Å². The van der Waals surface area contributed by atoms with Crippen molar-refractivity contribution in [3.05, 3.63) is 28.2 Å². The van der Waals surface area contributed by atoms with Gasteiger partial charge in [0.2, 0.25) is 0 Å². The molecule has 0 bridgehead atoms. The number of rotatable bonds is 5. The van der Waals surface area contributed by atoms with E-state index in [0.29, 0.717) is 22.7 Å². The number of thiophene rings is 1. The van der Waals surface area contributed by atoms with Gasteiger partial charge in [0.15, 0.2) is 0 Å². The Hall–Kier alpha value is -1.38. The van der Waals surface area contributed by atoms with Crippen LogP contribution in [0.4, 0.5) is 5.69 Å². The maximum atomic E-state index is 12.3. The fraction of sp³-hybridized carbons (Fsp3) is 0.364. The van der Waals surface area contributed by atoms with E-state index in [0.717, 1.165) is 0 Å². The van der Waals surface area contributed by atoms with Crippen molar-refractivity contribution < 1.29 is 13.5 Å². The van der Waals surface area contributed by atoms with Crippen LogP contribution in [0.1, 0.15) is 17.5 Å². The summed E-state index contributed by atoms with van der Waals surface area (Å²) < 4.78 is 28.6. The highest BCUT2D eigenvalue weighted by Gasteiger charge is 2.21. The van der Waals surface area contributed by atoms with Crippen molar-refractivity contribution in [2.75, 3.05) is 4.72 Å². The molecule has 2 aromatic rings. The van der Waals surface area contributed by atoms with E-state index in [1.807, 2.05) is 6.92 Å². The van der Waals surface area contributed by atoms with Gasteiger partial charge >= 0.3 is 0 Å². The second kappa shape index (κ2) is 5.32. The van der Waals surface area contributed by atoms with Gasteiger partial charge in [-0.2, -0.15) is 5.10 Å². The van der Waals surface area contributed by atoms with Crippen molar-refractivity contribution in [3.63, 3.8) is 0 Å². The molecule has 2 aromatic heterocycles. The third kappa shape index (κ3) is 2.80. The molecule has 8 heteroatoms. The molecule has 0 saturated heterocycles. The van der Waals surface area contributed by atoms with E-state index in [2.05, 4.69) is 9.82 Å². The molecular weight excluding hydrogens is 286 g/mol. The van der Waals surface area contributed by atoms with Gasteiger partial charge in [0.25, 0.3) is 10.0 Å². The van der Waals surface area contributed by atoms with Gasteiger partial charge in [0, 0.05) is 13.2 Å². The molecule has 0 amide bonds. The van der Waals surface area contributed by atoms with Gasteiger partial charge in [-0.25, -0.2) is 8.42 Å². The van der Waals surface area contributed by atoms with Crippen LogP contribution >= 0.6 is 11.3 Å². The fourth-order valence-corrected chi connectivity index (χ4v) is 4.13. The SMILES string of the molecule is CCc1nn(C)cc1NS(=O)(=O)c1ccsc1CO. The van der Waals surface area contributed by atoms with Gasteiger partial charge < -0.3 is 5.11 Å². The number of nitrogens with zero attached hydrogens (tertiary/aromatic N) is 2. The molecule has 104 valence electrons. The normalized spacial score (nSPS) is 11.7. The van der Waals surface area contributed by atoms with Crippen LogP contribution in [0.3, 0.4) is 0 Å². The first-order chi connectivity index (χ1) is 8.97. The zero-order valence-corrected chi connectivity index (χ0v) is 12.3. The summed E-state index contributed by atoms with van der Waals surface area (Å²) in [5.74, 6) is 0. The summed E-state index contributed by atoms with van der Waals surface area (Å²) in [7, 11) is -1.95. The Bertz CT molecular complexity index is 673. The van der Waals surface area contributed by atoms with Crippen molar-refractivity contribution in [2.24, 2.45) is 7.05 Å². The number of hydrogen-bond acceptors (Lipinski definition) is 5. The van der Waals surface area contributed by atoms with Gasteiger partial charge in [-0.05, 0) is 17.9 Å². The standard InChI is InChI=1S/C11H15N3O3S2/c1-3-8-9(6-14(2)12-8)13-19(16,17)11-4-5-18-10(11)7-15/h4-6,13,15H,3,7H2,1-2H3. The lowest BCUT2D eigenvalue weighted by Gasteiger charge is -2.07. The molecule has 0 atom stereocenters. The first-order valence-corrected chi connectivity index (χ1v) is 8.06. The summed E-state index contributed by atoms with van der Waals surface area (Å²) in [5.41, 5.74) is 1.16. The third-order valence-electron chi connectivity index (χ3n) is 2.62. The molecule has 2 rings (SSSR count). The number of aryl methyl sites for hydroxylation is 2. The average molecular weight is 301 g/mol. The van der Waals surface area contributed by atoms with Gasteiger partial charge in [0.05, 0.1) is 22.9 Å². The molecule has 0 spiro atoms. The lowest BCUT2D eigenvalue weighted by Crippen LogP contribution is -2.14. The smallest absolute Gasteiger partial charge is 0.263 e. The number of aromatic nitrogens is 2. The topological polar surface area (TPSA) is 84.2 Å². The Morgan fingerprint density at radius 3 is 2.89 bits per heavy atom. The number of hydrogen-bond donors (Lipinski definition) is 2. The van der Waals surface area contributed by atoms with Crippen molar-refractivity contribution >= 4 is 27.0 Å². The second-order valence-corrected chi connectivity index (χ2v) is 6.64. The van der Waals surface area contributed by atoms with Crippen LogP contribution in [0.2, 0.25) is 0 Å². The van der Waals surface area contributed by atoms with Gasteiger partial charge in [-0.1, -0.05) is 6.92 Å². The number of aliphatic hydroxyl groups is 1. The van der Waals surface area contributed by atoms with Crippen LogP contribution in [-0.2, 0) is 30.1 Å². The Balaban J connectivity index is 2.36. The molecule has 2 heterocycles. The molecule has 2 N–H and O–H groups in total. The van der Waals surface area contributed by atoms with Gasteiger partial charge in [-0.3, -0.25) is 9.40 Å². The van der Waals surface area contributed by atoms with E-state index < -0.39 is 10.0 Å². The van der Waals surface area contributed by atoms with Crippen molar-refractivity contribution in [2.45, 2.75) is 24.8 Å². The zero-order chi connectivity index (χ0) is 14.0. The predicted molar refractivity (Wildman–Crippen MR) is 73.6 cm³/mol. The fourth-order valence-electron chi connectivity index (χ4n) is 1.76. The maximum absolute atomic E-state index is 12.3. The van der Waals surface area contributed by atoms with Crippen LogP contribution in [0.15, 0.2) is 22.5 Å². The van der Waals surface area contributed by atoms with E-state index in [9.17, 15) is 8.42 Å². The molecule has 0 aliphatic rings. The number of nitrogens with one attached hydrogen (secondary N) is 1. The third-order valence-corrected chi connectivity index (χ3v) is 5.11. The lowest BCUT2D eigenvalue weighted by atomic mass is 10.3. The minimum atomic E-state index is -3.68. The Labute approximate surface area is 115 Å². The van der Waals surface area contributed by atoms with E-state index in [1.54, 1.807) is 23.3 Å². The zero-order valence-electron chi connectivity index (χ0n) is 10.6. The number of anilines is 1. The summed E-state index contributed by atoms with van der Waals surface area (Å²) >= 11 is 1.21. The summed E-state index contributed by atoms with van der Waals surface area (Å²) in [6.07, 6.45) is 2.26. The van der Waals surface area contributed by atoms with Crippen LogP contribution in [0.5, 0.6) is 0 Å². The molecule has 0 fully saturated rings. The van der Waals surface area contributed by atoms with Crippen LogP contribution in [0, 0.1) is 0 Å². The Morgan fingerprint density at radius 2 is 2.26 bits per heavy atom. The largest absolute Gasteiger partial charge is 0.391 e. The Kier molecular flexibility index (Phi) is 3.93. The molecule has 0 unspecified atom stereocenters. The molecule has 0 aromatic carbocycles. The lowest BCUT2D eigenvalue weighted by molar-refractivity contribution is 0.282. The summed E-state index contributed by atoms with van der Waals surface area (Å²) in [6.45, 7) is 1.62. The highest BCUT2D eigenvalue weighted by Crippen LogP contribution is 2.25. The number of sulfonamides is 1. The molecule has 0 saturated carbocycles. The quantitative estimate of drug-likeness (QED) is 0.873. The molecular formula is C11H15N3O3S2. The van der Waals surface area contributed by atoms with E-state index in [4.69, 9.17) is 5.11 Å². The van der Waals surface area contributed by atoms with Crippen LogP contribution in [0.25, 0.3) is 0 Å². The molecule has 6 nitrogen and oxygen atoms in total. The highest BCUT2D eigenvalue weighted by atomic mass is 32.2. The van der Waals surface area contributed by atoms with Crippen molar-refractivity contribution in [3.8, 4) is 0 Å². The first-order valence-electron chi connectivity index (χ1n) is 5.70. The van der Waals surface area contributed by atoms with E-state index >= 15 is 0 Å². The summed E-state index contributed by atoms with van der Waals surface area (Å²) in [6, 6.07) is 1.49. The number of aliphatic hydroxyl groups excluding tert-OH is 1. The first kappa shape index (κ1) is 14.0. The highest BCUT2D eigenvalue weighted by molar-refractivity contribution is 7.93. The average Bonchev–Trinajstić information content (AvgIpc) is 2.95. The van der Waals surface area contributed by atoms with E-state index in [1.165, 1.54) is 17.4 Å². The summed E-state index contributed by atoms with van der Waals surface area (Å²) in [4.78, 5) is 0.542. The second-order valence-electron chi connectivity index (χ2n) is 3.99. The summed E-state index contributed by atoms with van der Waals surface area (Å²) in [5, 5.41) is 15.0. The predicted octanol–water partition coefficient (Wildman–Crippen LogP) is 1.34. The van der Waals surface area contributed by atoms with Crippen molar-refractivity contribution in [1.82, 2.24) is 9.78 Å². The van der Waals surface area contributed by atoms with Gasteiger partial charge in [-0.15, -0.1) is 11.3 Å². The van der Waals surface area contributed by atoms with Crippen molar-refractivity contribution in [1.29, 1.82) is 0 Å². The Morgan fingerprint density at radius 1 is 1.53 bits per heavy atom.